The van der Waals surface area contributed by atoms with E-state index in [1.165, 1.54) is 23.9 Å². The Kier molecular flexibility index (Phi) is 6.94. The van der Waals surface area contributed by atoms with Crippen LogP contribution in [0.5, 0.6) is 0 Å². The Morgan fingerprint density at radius 3 is 2.72 bits per heavy atom. The molecule has 12 nitrogen and oxygen atoms in total. The molecule has 204 valence electrons. The third-order valence-corrected chi connectivity index (χ3v) is 7.96. The van der Waals surface area contributed by atoms with Crippen molar-refractivity contribution >= 4 is 51.6 Å². The maximum Gasteiger partial charge on any atom is 0.269 e. The number of carbonyl (C=O) groups excluding carboxylic acids is 1. The van der Waals surface area contributed by atoms with Gasteiger partial charge in [-0.2, -0.15) is 4.37 Å². The summed E-state index contributed by atoms with van der Waals surface area (Å²) in [6.07, 6.45) is 8.85. The Morgan fingerprint density at radius 1 is 1.10 bits per heavy atom. The number of rotatable bonds is 7. The molecule has 4 aromatic rings. The van der Waals surface area contributed by atoms with Gasteiger partial charge in [-0.15, -0.1) is 0 Å². The number of fused-ring (bicyclic) bond motifs is 1. The van der Waals surface area contributed by atoms with Gasteiger partial charge < -0.3 is 40.6 Å². The van der Waals surface area contributed by atoms with Crippen molar-refractivity contribution in [2.24, 2.45) is 11.5 Å². The van der Waals surface area contributed by atoms with Gasteiger partial charge in [0.25, 0.3) is 5.91 Å². The summed E-state index contributed by atoms with van der Waals surface area (Å²) in [4.78, 5) is 32.0. The van der Waals surface area contributed by atoms with Crippen molar-refractivity contribution in [1.82, 2.24) is 9.36 Å². The van der Waals surface area contributed by atoms with Crippen LogP contribution in [-0.2, 0) is 4.74 Å². The molecule has 1 aliphatic carbocycles. The number of morpholine rings is 1. The fourth-order valence-corrected chi connectivity index (χ4v) is 5.79. The van der Waals surface area contributed by atoms with Crippen LogP contribution in [0.4, 0.5) is 22.9 Å². The highest BCUT2D eigenvalue weighted by Crippen LogP contribution is 2.40. The largest absolute Gasteiger partial charge is 0.456 e. The molecule has 1 saturated heterocycles. The molecule has 0 radical (unpaired) electrons. The lowest BCUT2D eigenvalue weighted by Crippen LogP contribution is -2.42. The van der Waals surface area contributed by atoms with Gasteiger partial charge in [0.15, 0.2) is 17.2 Å². The van der Waals surface area contributed by atoms with Crippen molar-refractivity contribution in [2.75, 3.05) is 41.8 Å². The van der Waals surface area contributed by atoms with Crippen LogP contribution in [0.1, 0.15) is 36.2 Å². The normalized spacial score (nSPS) is 19.8. The molecule has 0 spiro atoms. The average molecular weight is 552 g/mol. The Hall–Kier alpha value is -3.94. The number of hydrogen-bond donors (Lipinski definition) is 4. The number of hydrogen-bond acceptors (Lipinski definition) is 12. The fourth-order valence-electron chi connectivity index (χ4n) is 5.08. The first-order valence-electron chi connectivity index (χ1n) is 12.9. The second kappa shape index (κ2) is 10.7. The molecule has 1 saturated carbocycles. The second-order valence-electron chi connectivity index (χ2n) is 9.73. The average Bonchev–Trinajstić information content (AvgIpc) is 3.57. The monoisotopic (exact) mass is 551 g/mol. The van der Waals surface area contributed by atoms with Crippen molar-refractivity contribution in [2.45, 2.75) is 37.8 Å². The topological polar surface area (TPSA) is 175 Å². The molecule has 1 aliphatic heterocycles. The van der Waals surface area contributed by atoms with E-state index in [4.69, 9.17) is 25.0 Å². The third kappa shape index (κ3) is 5.07. The number of carbonyl (C=O) groups is 1. The molecule has 0 aromatic carbocycles. The summed E-state index contributed by atoms with van der Waals surface area (Å²) in [5, 5.41) is 6.72. The van der Waals surface area contributed by atoms with Gasteiger partial charge in [0, 0.05) is 25.2 Å². The first-order chi connectivity index (χ1) is 19.0. The minimum Gasteiger partial charge on any atom is -0.456 e. The summed E-state index contributed by atoms with van der Waals surface area (Å²) in [7, 11) is 0. The molecular formula is C26H29N7O5S. The molecular weight excluding hydrogens is 522 g/mol. The van der Waals surface area contributed by atoms with Crippen molar-refractivity contribution in [1.29, 1.82) is 0 Å². The van der Waals surface area contributed by atoms with Crippen molar-refractivity contribution in [3.8, 4) is 10.4 Å². The highest BCUT2D eigenvalue weighted by molar-refractivity contribution is 7.10. The van der Waals surface area contributed by atoms with Crippen molar-refractivity contribution in [3.05, 3.63) is 46.7 Å². The summed E-state index contributed by atoms with van der Waals surface area (Å²) in [6.45, 7) is 2.35. The number of anilines is 4. The number of pyridine rings is 1. The van der Waals surface area contributed by atoms with Crippen molar-refractivity contribution in [3.63, 3.8) is 0 Å². The lowest BCUT2D eigenvalue weighted by molar-refractivity contribution is 0.0996. The number of ether oxygens (including phenoxy) is 1. The van der Waals surface area contributed by atoms with E-state index >= 15 is 0 Å². The molecule has 0 unspecified atom stereocenters. The van der Waals surface area contributed by atoms with Gasteiger partial charge in [0.1, 0.15) is 6.26 Å². The van der Waals surface area contributed by atoms with E-state index in [2.05, 4.69) is 20.0 Å². The predicted octanol–water partition coefficient (Wildman–Crippen LogP) is 3.27. The molecule has 6 rings (SSSR count). The van der Waals surface area contributed by atoms with Gasteiger partial charge in [0.2, 0.25) is 11.0 Å². The molecule has 39 heavy (non-hydrogen) atoms. The van der Waals surface area contributed by atoms with Crippen LogP contribution in [0.15, 0.2) is 44.4 Å². The van der Waals surface area contributed by atoms with Gasteiger partial charge in [-0.3, -0.25) is 9.59 Å². The Balaban J connectivity index is 1.34. The molecule has 0 bridgehead atoms. The van der Waals surface area contributed by atoms with Crippen LogP contribution in [0, 0.1) is 0 Å². The predicted molar refractivity (Wildman–Crippen MR) is 149 cm³/mol. The number of aromatic nitrogens is 2. The molecule has 5 heterocycles. The van der Waals surface area contributed by atoms with E-state index in [1.54, 1.807) is 18.5 Å². The van der Waals surface area contributed by atoms with Crippen LogP contribution in [0.25, 0.3) is 21.6 Å². The molecule has 2 aliphatic rings. The van der Waals surface area contributed by atoms with Crippen LogP contribution in [0.2, 0.25) is 0 Å². The summed E-state index contributed by atoms with van der Waals surface area (Å²) < 4.78 is 21.6. The van der Waals surface area contributed by atoms with E-state index in [0.29, 0.717) is 59.6 Å². The minimum absolute atomic E-state index is 0.0463. The first-order valence-corrected chi connectivity index (χ1v) is 13.7. The molecule has 4 aromatic heterocycles. The summed E-state index contributed by atoms with van der Waals surface area (Å²) in [5.41, 5.74) is 14.5. The van der Waals surface area contributed by atoms with E-state index in [-0.39, 0.29) is 28.8 Å². The van der Waals surface area contributed by atoms with E-state index in [0.717, 1.165) is 31.4 Å². The number of amides is 1. The van der Waals surface area contributed by atoms with E-state index in [9.17, 15) is 9.59 Å². The molecule has 13 heteroatoms. The third-order valence-electron chi connectivity index (χ3n) is 7.13. The van der Waals surface area contributed by atoms with E-state index in [1.807, 2.05) is 4.90 Å². The zero-order valence-corrected chi connectivity index (χ0v) is 22.0. The SMILES string of the molecule is NC(=O)c1ncc(N[C@@H]2CCCC[C@H]2N)cc1Nc1cnsc1-c1coc2c(=O)cc(N3CCOCC3)oc12. The molecule has 6 N–H and O–H groups in total. The molecule has 2 fully saturated rings. The Labute approximate surface area is 227 Å². The lowest BCUT2D eigenvalue weighted by Gasteiger charge is -2.30. The Bertz CT molecular complexity index is 1560. The zero-order chi connectivity index (χ0) is 26.9. The number of nitrogens with zero attached hydrogens (tertiary/aromatic N) is 3. The van der Waals surface area contributed by atoms with Gasteiger partial charge in [-0.1, -0.05) is 12.8 Å². The number of nitrogens with two attached hydrogens (primary N) is 2. The maximum atomic E-state index is 12.8. The van der Waals surface area contributed by atoms with E-state index < -0.39 is 5.91 Å². The lowest BCUT2D eigenvalue weighted by atomic mass is 9.91. The second-order valence-corrected chi connectivity index (χ2v) is 10.5. The summed E-state index contributed by atoms with van der Waals surface area (Å²) in [5.74, 6) is -0.213. The molecule has 1 amide bonds. The number of nitrogens with one attached hydrogen (secondary N) is 2. The molecule has 2 atom stereocenters. The summed E-state index contributed by atoms with van der Waals surface area (Å²) in [6, 6.07) is 3.39. The Morgan fingerprint density at radius 2 is 1.92 bits per heavy atom. The minimum atomic E-state index is -0.668. The highest BCUT2D eigenvalue weighted by atomic mass is 32.1. The van der Waals surface area contributed by atoms with Crippen LogP contribution >= 0.6 is 11.5 Å². The van der Waals surface area contributed by atoms with Gasteiger partial charge in [-0.25, -0.2) is 4.98 Å². The van der Waals surface area contributed by atoms with Crippen molar-refractivity contribution < 1.29 is 18.4 Å². The quantitative estimate of drug-likeness (QED) is 0.265. The standard InChI is InChI=1S/C26H29N7O5S/c27-16-3-1-2-4-17(16)31-14-9-18(22(26(28)35)29-11-14)32-19-12-30-39-25(19)15-13-37-24-20(34)10-21(38-23(15)24)33-5-7-36-8-6-33/h9-13,16-17,31-32H,1-8,27H2,(H2,28,35)/t16-,17-/m1/s1. The maximum absolute atomic E-state index is 12.8. The van der Waals surface area contributed by atoms with Crippen LogP contribution < -0.4 is 32.4 Å². The van der Waals surface area contributed by atoms with Gasteiger partial charge in [-0.05, 0) is 30.4 Å². The summed E-state index contributed by atoms with van der Waals surface area (Å²) >= 11 is 1.20. The first kappa shape index (κ1) is 25.3. The smallest absolute Gasteiger partial charge is 0.269 e. The number of primary amides is 1. The highest BCUT2D eigenvalue weighted by Gasteiger charge is 2.24. The zero-order valence-electron chi connectivity index (χ0n) is 21.1. The van der Waals surface area contributed by atoms with Gasteiger partial charge >= 0.3 is 0 Å². The van der Waals surface area contributed by atoms with Crippen LogP contribution in [0.3, 0.4) is 0 Å². The van der Waals surface area contributed by atoms with Crippen LogP contribution in [-0.4, -0.2) is 53.7 Å². The number of furan rings is 1. The fraction of sp³-hybridized carbons (Fsp3) is 0.385. The van der Waals surface area contributed by atoms with Gasteiger partial charge in [0.05, 0.1) is 59.2 Å².